The van der Waals surface area contributed by atoms with Crippen LogP contribution in [0.2, 0.25) is 5.02 Å². The number of fused-ring (bicyclic) bond motifs is 4. The normalized spacial score (nSPS) is 23.2. The molecule has 9 heteroatoms. The maximum Gasteiger partial charge on any atom is 0.185 e. The summed E-state index contributed by atoms with van der Waals surface area (Å²) < 4.78 is 0.989. The number of nitrogens with two attached hydrogens (primary N) is 1. The van der Waals surface area contributed by atoms with Crippen molar-refractivity contribution in [3.8, 4) is 11.1 Å². The molecule has 3 atom stereocenters. The van der Waals surface area contributed by atoms with Crippen molar-refractivity contribution in [2.45, 2.75) is 43.8 Å². The zero-order valence-electron chi connectivity index (χ0n) is 17.5. The van der Waals surface area contributed by atoms with Crippen molar-refractivity contribution in [3.63, 3.8) is 0 Å². The standard InChI is InChI=1S/C22H24ClN7S/c1-29(2)22-27-16-6-5-14(18(23)20(16)31-22)15-9-26-21-19(15)25-10-17(28-21)30-12-3-4-13(30)8-11(24)7-12/h5-6,9-13H,3-4,7-8,24H2,1-2H3,(H,26,28)/t11?,12-,13+. The highest BCUT2D eigenvalue weighted by atomic mass is 35.5. The third kappa shape index (κ3) is 3.00. The van der Waals surface area contributed by atoms with E-state index in [1.54, 1.807) is 11.3 Å². The summed E-state index contributed by atoms with van der Waals surface area (Å²) >= 11 is 8.43. The second-order valence-corrected chi connectivity index (χ2v) is 10.2. The van der Waals surface area contributed by atoms with Crippen LogP contribution in [0.15, 0.2) is 24.5 Å². The van der Waals surface area contributed by atoms with Gasteiger partial charge >= 0.3 is 0 Å². The molecule has 4 aromatic rings. The Kier molecular flexibility index (Phi) is 4.38. The number of hydrogen-bond donors (Lipinski definition) is 2. The number of benzene rings is 1. The highest BCUT2D eigenvalue weighted by Crippen LogP contribution is 2.42. The third-order valence-corrected chi connectivity index (χ3v) is 8.32. The number of H-pyrrole nitrogens is 1. The first-order valence-electron chi connectivity index (χ1n) is 10.6. The average molecular weight is 454 g/mol. The van der Waals surface area contributed by atoms with Crippen molar-refractivity contribution in [1.29, 1.82) is 0 Å². The van der Waals surface area contributed by atoms with Gasteiger partial charge in [0, 0.05) is 49.5 Å². The van der Waals surface area contributed by atoms with Crippen LogP contribution in [0.3, 0.4) is 0 Å². The van der Waals surface area contributed by atoms with Gasteiger partial charge in [0.15, 0.2) is 10.8 Å². The van der Waals surface area contributed by atoms with Crippen LogP contribution in [-0.2, 0) is 0 Å². The van der Waals surface area contributed by atoms with E-state index in [1.165, 1.54) is 12.8 Å². The first kappa shape index (κ1) is 19.3. The molecule has 6 rings (SSSR count). The van der Waals surface area contributed by atoms with E-state index in [-0.39, 0.29) is 0 Å². The van der Waals surface area contributed by atoms with Crippen LogP contribution in [0.4, 0.5) is 10.9 Å². The highest BCUT2D eigenvalue weighted by molar-refractivity contribution is 7.22. The molecule has 2 aliphatic rings. The molecule has 2 saturated heterocycles. The lowest BCUT2D eigenvalue weighted by Gasteiger charge is -2.38. The first-order valence-corrected chi connectivity index (χ1v) is 11.8. The minimum Gasteiger partial charge on any atom is -0.354 e. The fraction of sp³-hybridized carbons (Fsp3) is 0.409. The predicted molar refractivity (Wildman–Crippen MR) is 128 cm³/mol. The molecule has 1 aromatic carbocycles. The minimum atomic E-state index is 0.305. The van der Waals surface area contributed by atoms with Gasteiger partial charge in [0.2, 0.25) is 0 Å². The SMILES string of the molecule is CN(C)c1nc2ccc(-c3c[nH]c4nc(N5[C@@H]6CC[C@H]5CC(N)C6)cnc34)c(Cl)c2s1. The Morgan fingerprint density at radius 1 is 1.16 bits per heavy atom. The number of aromatic nitrogens is 4. The molecule has 7 nitrogen and oxygen atoms in total. The molecule has 160 valence electrons. The van der Waals surface area contributed by atoms with Gasteiger partial charge < -0.3 is 20.5 Å². The van der Waals surface area contributed by atoms with Crippen molar-refractivity contribution in [2.24, 2.45) is 5.73 Å². The Balaban J connectivity index is 1.40. The van der Waals surface area contributed by atoms with Crippen LogP contribution in [0, 0.1) is 0 Å². The van der Waals surface area contributed by atoms with Crippen LogP contribution < -0.4 is 15.5 Å². The number of rotatable bonds is 3. The number of hydrogen-bond acceptors (Lipinski definition) is 7. The van der Waals surface area contributed by atoms with Crippen LogP contribution in [0.25, 0.3) is 32.5 Å². The molecule has 0 amide bonds. The van der Waals surface area contributed by atoms with Gasteiger partial charge in [-0.2, -0.15) is 0 Å². The summed E-state index contributed by atoms with van der Waals surface area (Å²) in [5.41, 5.74) is 10.7. The second-order valence-electron chi connectivity index (χ2n) is 8.82. The number of thiazole rings is 1. The van der Waals surface area contributed by atoms with Crippen molar-refractivity contribution >= 4 is 55.3 Å². The molecule has 3 aromatic heterocycles. The number of aromatic amines is 1. The fourth-order valence-electron chi connectivity index (χ4n) is 5.16. The Hall–Kier alpha value is -2.42. The Labute approximate surface area is 189 Å². The van der Waals surface area contributed by atoms with E-state index >= 15 is 0 Å². The van der Waals surface area contributed by atoms with Crippen LogP contribution in [0.5, 0.6) is 0 Å². The van der Waals surface area contributed by atoms with Gasteiger partial charge in [0.1, 0.15) is 11.3 Å². The molecule has 0 aliphatic carbocycles. The Morgan fingerprint density at radius 3 is 2.68 bits per heavy atom. The van der Waals surface area contributed by atoms with E-state index in [9.17, 15) is 0 Å². The molecular weight excluding hydrogens is 430 g/mol. The van der Waals surface area contributed by atoms with E-state index in [0.717, 1.165) is 56.3 Å². The lowest BCUT2D eigenvalue weighted by atomic mass is 9.98. The lowest BCUT2D eigenvalue weighted by molar-refractivity contribution is 0.412. The molecule has 0 radical (unpaired) electrons. The average Bonchev–Trinajstić information content (AvgIpc) is 3.43. The van der Waals surface area contributed by atoms with Gasteiger partial charge in [-0.05, 0) is 31.7 Å². The number of halogens is 1. The van der Waals surface area contributed by atoms with Gasteiger partial charge in [0.25, 0.3) is 0 Å². The summed E-state index contributed by atoms with van der Waals surface area (Å²) in [7, 11) is 3.98. The smallest absolute Gasteiger partial charge is 0.185 e. The third-order valence-electron chi connectivity index (χ3n) is 6.56. The second kappa shape index (κ2) is 7.05. The summed E-state index contributed by atoms with van der Waals surface area (Å²) in [6.07, 6.45) is 8.30. The van der Waals surface area contributed by atoms with Gasteiger partial charge in [-0.25, -0.2) is 15.0 Å². The Bertz CT molecular complexity index is 1280. The van der Waals surface area contributed by atoms with E-state index in [4.69, 9.17) is 27.3 Å². The highest BCUT2D eigenvalue weighted by Gasteiger charge is 2.40. The number of nitrogens with one attached hydrogen (secondary N) is 1. The van der Waals surface area contributed by atoms with Crippen molar-refractivity contribution in [3.05, 3.63) is 29.5 Å². The molecule has 0 saturated carbocycles. The topological polar surface area (TPSA) is 87.0 Å². The van der Waals surface area contributed by atoms with Gasteiger partial charge in [-0.15, -0.1) is 0 Å². The van der Waals surface area contributed by atoms with Crippen LogP contribution >= 0.6 is 22.9 Å². The van der Waals surface area contributed by atoms with Crippen LogP contribution in [0.1, 0.15) is 25.7 Å². The number of piperidine rings is 1. The first-order chi connectivity index (χ1) is 15.0. The van der Waals surface area contributed by atoms with Gasteiger partial charge in [-0.1, -0.05) is 29.0 Å². The Morgan fingerprint density at radius 2 is 1.94 bits per heavy atom. The summed E-state index contributed by atoms with van der Waals surface area (Å²) in [5.74, 6) is 0.944. The van der Waals surface area contributed by atoms with Crippen molar-refractivity contribution in [1.82, 2.24) is 19.9 Å². The number of anilines is 2. The van der Waals surface area contributed by atoms with Gasteiger partial charge in [-0.3, -0.25) is 0 Å². The monoisotopic (exact) mass is 453 g/mol. The summed E-state index contributed by atoms with van der Waals surface area (Å²) in [4.78, 5) is 22.2. The van der Waals surface area contributed by atoms with Crippen molar-refractivity contribution in [2.75, 3.05) is 23.9 Å². The molecule has 2 bridgehead atoms. The molecule has 31 heavy (non-hydrogen) atoms. The molecule has 5 heterocycles. The summed E-state index contributed by atoms with van der Waals surface area (Å²) in [5, 5.41) is 1.64. The van der Waals surface area contributed by atoms with Crippen LogP contribution in [-0.4, -0.2) is 52.2 Å². The zero-order chi connectivity index (χ0) is 21.3. The van der Waals surface area contributed by atoms with E-state index in [2.05, 4.69) is 14.9 Å². The molecule has 1 unspecified atom stereocenters. The maximum absolute atomic E-state index is 6.83. The maximum atomic E-state index is 6.83. The zero-order valence-corrected chi connectivity index (χ0v) is 19.0. The van der Waals surface area contributed by atoms with Crippen molar-refractivity contribution < 1.29 is 0 Å². The van der Waals surface area contributed by atoms with Gasteiger partial charge in [0.05, 0.1) is 21.4 Å². The summed E-state index contributed by atoms with van der Waals surface area (Å²) in [6, 6.07) is 5.30. The molecular formula is C22H24ClN7S. The quantitative estimate of drug-likeness (QED) is 0.477. The molecule has 3 N–H and O–H groups in total. The van der Waals surface area contributed by atoms with E-state index in [1.807, 2.05) is 43.5 Å². The predicted octanol–water partition coefficient (Wildman–Crippen LogP) is 4.41. The molecule has 2 fully saturated rings. The summed E-state index contributed by atoms with van der Waals surface area (Å²) in [6.45, 7) is 0. The largest absolute Gasteiger partial charge is 0.354 e. The van der Waals surface area contributed by atoms with E-state index in [0.29, 0.717) is 23.1 Å². The fourth-order valence-corrected chi connectivity index (χ4v) is 6.46. The van der Waals surface area contributed by atoms with E-state index < -0.39 is 0 Å². The molecule has 2 aliphatic heterocycles. The molecule has 0 spiro atoms. The minimum absolute atomic E-state index is 0.305. The number of nitrogens with zero attached hydrogens (tertiary/aromatic N) is 5. The lowest BCUT2D eigenvalue weighted by Crippen LogP contribution is -2.47.